The van der Waals surface area contributed by atoms with Gasteiger partial charge in [0, 0.05) is 5.56 Å². The second-order valence-electron chi connectivity index (χ2n) is 4.15. The summed E-state index contributed by atoms with van der Waals surface area (Å²) in [5.41, 5.74) is -0.354. The van der Waals surface area contributed by atoms with Crippen LogP contribution in [0.4, 0.5) is 22.0 Å². The SMILES string of the molecule is Fc1ccc(F)c(C(Br)c2ccc(C(F)(F)F)cc2)c1. The molecule has 0 aliphatic carbocycles. The Kier molecular flexibility index (Phi) is 4.13. The predicted molar refractivity (Wildman–Crippen MR) is 68.6 cm³/mol. The molecule has 0 radical (unpaired) electrons. The number of benzene rings is 2. The summed E-state index contributed by atoms with van der Waals surface area (Å²) in [7, 11) is 0. The Balaban J connectivity index is 2.34. The maximum absolute atomic E-state index is 13.6. The van der Waals surface area contributed by atoms with E-state index in [0.717, 1.165) is 30.3 Å². The van der Waals surface area contributed by atoms with Crippen molar-refractivity contribution in [2.75, 3.05) is 0 Å². The summed E-state index contributed by atoms with van der Waals surface area (Å²) in [5.74, 6) is -1.24. The molecular weight excluding hydrogens is 343 g/mol. The summed E-state index contributed by atoms with van der Waals surface area (Å²) in [6.45, 7) is 0. The Morgan fingerprint density at radius 2 is 1.50 bits per heavy atom. The van der Waals surface area contributed by atoms with E-state index in [1.807, 2.05) is 0 Å². The fraction of sp³-hybridized carbons (Fsp3) is 0.143. The van der Waals surface area contributed by atoms with E-state index in [4.69, 9.17) is 0 Å². The molecule has 0 aliphatic rings. The molecule has 0 bridgehead atoms. The Hall–Kier alpha value is -1.43. The van der Waals surface area contributed by atoms with E-state index in [1.54, 1.807) is 0 Å². The van der Waals surface area contributed by atoms with E-state index >= 15 is 0 Å². The normalized spacial score (nSPS) is 13.3. The van der Waals surface area contributed by atoms with Gasteiger partial charge in [-0.05, 0) is 35.9 Å². The van der Waals surface area contributed by atoms with Crippen molar-refractivity contribution in [1.82, 2.24) is 0 Å². The third-order valence-corrected chi connectivity index (χ3v) is 3.78. The molecule has 6 heteroatoms. The highest BCUT2D eigenvalue weighted by molar-refractivity contribution is 9.09. The quantitative estimate of drug-likeness (QED) is 0.497. The molecule has 2 aromatic rings. The standard InChI is InChI=1S/C14H8BrF5/c15-13(11-7-10(16)5-6-12(11)17)8-1-3-9(4-2-8)14(18,19)20/h1-7,13H. The van der Waals surface area contributed by atoms with E-state index in [2.05, 4.69) is 15.9 Å². The van der Waals surface area contributed by atoms with Crippen molar-refractivity contribution in [2.45, 2.75) is 11.0 Å². The minimum absolute atomic E-state index is 0.0322. The molecule has 1 atom stereocenters. The molecule has 2 rings (SSSR count). The van der Waals surface area contributed by atoms with Gasteiger partial charge < -0.3 is 0 Å². The Morgan fingerprint density at radius 1 is 0.900 bits per heavy atom. The van der Waals surface area contributed by atoms with Crippen molar-refractivity contribution >= 4 is 15.9 Å². The van der Waals surface area contributed by atoms with Crippen LogP contribution in [-0.2, 0) is 6.18 Å². The highest BCUT2D eigenvalue weighted by Gasteiger charge is 2.30. The second kappa shape index (κ2) is 5.52. The molecular formula is C14H8BrF5. The summed E-state index contributed by atoms with van der Waals surface area (Å²) >= 11 is 3.17. The van der Waals surface area contributed by atoms with Gasteiger partial charge in [0.2, 0.25) is 0 Å². The van der Waals surface area contributed by atoms with Crippen LogP contribution < -0.4 is 0 Å². The van der Waals surface area contributed by atoms with Gasteiger partial charge in [-0.3, -0.25) is 0 Å². The zero-order chi connectivity index (χ0) is 14.9. The summed E-state index contributed by atoms with van der Waals surface area (Å²) in [6.07, 6.45) is -4.43. The highest BCUT2D eigenvalue weighted by atomic mass is 79.9. The van der Waals surface area contributed by atoms with Crippen molar-refractivity contribution in [3.8, 4) is 0 Å². The molecule has 0 spiro atoms. The maximum atomic E-state index is 13.6. The van der Waals surface area contributed by atoms with Gasteiger partial charge in [-0.2, -0.15) is 13.2 Å². The maximum Gasteiger partial charge on any atom is 0.416 e. The molecule has 0 heterocycles. The van der Waals surface area contributed by atoms with Gasteiger partial charge in [-0.15, -0.1) is 0 Å². The fourth-order valence-electron chi connectivity index (χ4n) is 1.73. The number of hydrogen-bond donors (Lipinski definition) is 0. The fourth-order valence-corrected chi connectivity index (χ4v) is 2.39. The minimum Gasteiger partial charge on any atom is -0.207 e. The van der Waals surface area contributed by atoms with E-state index in [-0.39, 0.29) is 5.56 Å². The lowest BCUT2D eigenvalue weighted by atomic mass is 10.0. The molecule has 0 amide bonds. The molecule has 0 aliphatic heterocycles. The number of hydrogen-bond acceptors (Lipinski definition) is 0. The first-order valence-corrected chi connectivity index (χ1v) is 6.47. The largest absolute Gasteiger partial charge is 0.416 e. The second-order valence-corrected chi connectivity index (χ2v) is 5.06. The van der Waals surface area contributed by atoms with Crippen LogP contribution in [0.5, 0.6) is 0 Å². The van der Waals surface area contributed by atoms with Crippen molar-refractivity contribution in [3.05, 3.63) is 70.8 Å². The van der Waals surface area contributed by atoms with Crippen LogP contribution in [0.15, 0.2) is 42.5 Å². The van der Waals surface area contributed by atoms with E-state index in [0.29, 0.717) is 5.56 Å². The molecule has 1 unspecified atom stereocenters. The van der Waals surface area contributed by atoms with E-state index in [1.165, 1.54) is 12.1 Å². The Labute approximate surface area is 120 Å². The number of halogens is 6. The molecule has 0 N–H and O–H groups in total. The first-order chi connectivity index (χ1) is 9.29. The van der Waals surface area contributed by atoms with Crippen LogP contribution in [0.2, 0.25) is 0 Å². The van der Waals surface area contributed by atoms with Crippen LogP contribution in [0.3, 0.4) is 0 Å². The van der Waals surface area contributed by atoms with Crippen molar-refractivity contribution in [1.29, 1.82) is 0 Å². The van der Waals surface area contributed by atoms with Crippen LogP contribution in [0.25, 0.3) is 0 Å². The molecule has 20 heavy (non-hydrogen) atoms. The lowest BCUT2D eigenvalue weighted by Gasteiger charge is -2.13. The Bertz CT molecular complexity index is 604. The lowest BCUT2D eigenvalue weighted by molar-refractivity contribution is -0.137. The molecule has 0 aromatic heterocycles. The molecule has 106 valence electrons. The molecule has 0 fully saturated rings. The van der Waals surface area contributed by atoms with Gasteiger partial charge in [-0.1, -0.05) is 28.1 Å². The Morgan fingerprint density at radius 3 is 2.05 bits per heavy atom. The summed E-state index contributed by atoms with van der Waals surface area (Å²) in [6, 6.07) is 7.22. The molecule has 2 aromatic carbocycles. The average Bonchev–Trinajstić information content (AvgIpc) is 2.40. The number of alkyl halides is 4. The first-order valence-electron chi connectivity index (χ1n) is 5.55. The van der Waals surface area contributed by atoms with Crippen LogP contribution in [0.1, 0.15) is 21.5 Å². The summed E-state index contributed by atoms with van der Waals surface area (Å²) < 4.78 is 64.0. The molecule has 0 nitrogen and oxygen atoms in total. The van der Waals surface area contributed by atoms with E-state index < -0.39 is 28.2 Å². The smallest absolute Gasteiger partial charge is 0.207 e. The first kappa shape index (κ1) is 15.0. The minimum atomic E-state index is -4.43. The van der Waals surface area contributed by atoms with Crippen molar-refractivity contribution < 1.29 is 22.0 Å². The van der Waals surface area contributed by atoms with Gasteiger partial charge in [-0.25, -0.2) is 8.78 Å². The summed E-state index contributed by atoms with van der Waals surface area (Å²) in [5, 5.41) is 0. The van der Waals surface area contributed by atoms with Crippen LogP contribution >= 0.6 is 15.9 Å². The molecule has 0 saturated carbocycles. The van der Waals surface area contributed by atoms with Crippen molar-refractivity contribution in [2.24, 2.45) is 0 Å². The highest BCUT2D eigenvalue weighted by Crippen LogP contribution is 2.35. The third kappa shape index (κ3) is 3.17. The van der Waals surface area contributed by atoms with Crippen LogP contribution in [0, 0.1) is 11.6 Å². The van der Waals surface area contributed by atoms with E-state index in [9.17, 15) is 22.0 Å². The van der Waals surface area contributed by atoms with Gasteiger partial charge in [0.15, 0.2) is 0 Å². The predicted octanol–water partition coefficient (Wildman–Crippen LogP) is 5.47. The number of rotatable bonds is 2. The lowest BCUT2D eigenvalue weighted by Crippen LogP contribution is -2.05. The van der Waals surface area contributed by atoms with Gasteiger partial charge in [0.05, 0.1) is 10.4 Å². The van der Waals surface area contributed by atoms with Gasteiger partial charge in [0.1, 0.15) is 11.6 Å². The topological polar surface area (TPSA) is 0 Å². The van der Waals surface area contributed by atoms with Crippen molar-refractivity contribution in [3.63, 3.8) is 0 Å². The average molecular weight is 351 g/mol. The zero-order valence-electron chi connectivity index (χ0n) is 9.89. The molecule has 0 saturated heterocycles. The van der Waals surface area contributed by atoms with Gasteiger partial charge >= 0.3 is 6.18 Å². The third-order valence-electron chi connectivity index (χ3n) is 2.76. The summed E-state index contributed by atoms with van der Waals surface area (Å²) in [4.78, 5) is -0.722. The monoisotopic (exact) mass is 350 g/mol. The van der Waals surface area contributed by atoms with Gasteiger partial charge in [0.25, 0.3) is 0 Å². The van der Waals surface area contributed by atoms with Crippen LogP contribution in [-0.4, -0.2) is 0 Å². The zero-order valence-corrected chi connectivity index (χ0v) is 11.5.